The van der Waals surface area contributed by atoms with E-state index in [4.69, 9.17) is 5.73 Å². The molecular weight excluding hydrogens is 234 g/mol. The van der Waals surface area contributed by atoms with E-state index >= 15 is 0 Å². The van der Waals surface area contributed by atoms with Crippen molar-refractivity contribution >= 4 is 23.0 Å². The Morgan fingerprint density at radius 2 is 2.29 bits per heavy atom. The van der Waals surface area contributed by atoms with Crippen LogP contribution in [-0.4, -0.2) is 15.0 Å². The molecule has 0 spiro atoms. The summed E-state index contributed by atoms with van der Waals surface area (Å²) in [5.74, 6) is 2.05. The molecule has 2 heterocycles. The quantitative estimate of drug-likeness (QED) is 0.848. The van der Waals surface area contributed by atoms with Crippen LogP contribution >= 0.6 is 11.3 Å². The van der Waals surface area contributed by atoms with Crippen LogP contribution in [0, 0.1) is 0 Å². The highest BCUT2D eigenvalue weighted by Gasteiger charge is 2.02. The number of nitrogens with zero attached hydrogens (tertiary/aromatic N) is 3. The van der Waals surface area contributed by atoms with Gasteiger partial charge in [0.15, 0.2) is 0 Å². The summed E-state index contributed by atoms with van der Waals surface area (Å²) in [7, 11) is 0. The first-order chi connectivity index (χ1) is 8.28. The zero-order chi connectivity index (χ0) is 12.1. The van der Waals surface area contributed by atoms with E-state index in [-0.39, 0.29) is 0 Å². The van der Waals surface area contributed by atoms with Crippen molar-refractivity contribution in [2.75, 3.05) is 11.1 Å². The predicted molar refractivity (Wildman–Crippen MR) is 69.9 cm³/mol. The highest BCUT2D eigenvalue weighted by Crippen LogP contribution is 2.12. The fourth-order valence-corrected chi connectivity index (χ4v) is 2.01. The molecule has 0 saturated heterocycles. The van der Waals surface area contributed by atoms with Gasteiger partial charge in [0.05, 0.1) is 6.54 Å². The van der Waals surface area contributed by atoms with Crippen LogP contribution in [0.15, 0.2) is 17.6 Å². The molecule has 0 aliphatic heterocycles. The highest BCUT2D eigenvalue weighted by atomic mass is 32.1. The van der Waals surface area contributed by atoms with E-state index in [1.807, 2.05) is 5.38 Å². The molecular formula is C11H15N5S. The Morgan fingerprint density at radius 1 is 1.41 bits per heavy atom. The molecule has 0 bridgehead atoms. The van der Waals surface area contributed by atoms with Crippen molar-refractivity contribution in [2.45, 2.75) is 26.3 Å². The third-order valence-corrected chi connectivity index (χ3v) is 2.95. The van der Waals surface area contributed by atoms with E-state index in [2.05, 4.69) is 27.2 Å². The van der Waals surface area contributed by atoms with Gasteiger partial charge in [-0.2, -0.15) is 0 Å². The van der Waals surface area contributed by atoms with Crippen LogP contribution in [-0.2, 0) is 13.0 Å². The first-order valence-corrected chi connectivity index (χ1v) is 6.41. The Labute approximate surface area is 104 Å². The molecule has 2 aromatic rings. The molecule has 17 heavy (non-hydrogen) atoms. The number of thiazole rings is 1. The topological polar surface area (TPSA) is 76.7 Å². The molecule has 0 aromatic carbocycles. The Hall–Kier alpha value is -1.69. The number of aryl methyl sites for hydroxylation is 1. The summed E-state index contributed by atoms with van der Waals surface area (Å²) < 4.78 is 0. The average molecular weight is 249 g/mol. The van der Waals surface area contributed by atoms with Crippen LogP contribution < -0.4 is 11.1 Å². The average Bonchev–Trinajstić information content (AvgIpc) is 2.79. The number of anilines is 2. The molecule has 0 aliphatic carbocycles. The van der Waals surface area contributed by atoms with Crippen LogP contribution in [0.2, 0.25) is 0 Å². The minimum atomic E-state index is 0.505. The predicted octanol–water partition coefficient (Wildman–Crippen LogP) is 2.08. The van der Waals surface area contributed by atoms with Crippen LogP contribution in [0.1, 0.15) is 24.2 Å². The van der Waals surface area contributed by atoms with Crippen LogP contribution in [0.25, 0.3) is 0 Å². The van der Waals surface area contributed by atoms with E-state index in [1.54, 1.807) is 23.6 Å². The molecule has 0 amide bonds. The lowest BCUT2D eigenvalue weighted by molar-refractivity contribution is 0.836. The fraction of sp³-hybridized carbons (Fsp3) is 0.364. The largest absolute Gasteiger partial charge is 0.384 e. The first kappa shape index (κ1) is 11.8. The molecule has 0 unspecified atom stereocenters. The van der Waals surface area contributed by atoms with Gasteiger partial charge in [0.25, 0.3) is 0 Å². The van der Waals surface area contributed by atoms with E-state index < -0.39 is 0 Å². The van der Waals surface area contributed by atoms with Gasteiger partial charge in [-0.25, -0.2) is 15.0 Å². The zero-order valence-electron chi connectivity index (χ0n) is 9.68. The van der Waals surface area contributed by atoms with E-state index in [1.165, 1.54) is 0 Å². The van der Waals surface area contributed by atoms with Gasteiger partial charge >= 0.3 is 0 Å². The Balaban J connectivity index is 2.04. The SMILES string of the molecule is CCCc1nc(N)cc(NCc2nccs2)n1. The van der Waals surface area contributed by atoms with Gasteiger partial charge in [0.1, 0.15) is 22.5 Å². The Bertz CT molecular complexity index is 469. The molecule has 5 nitrogen and oxygen atoms in total. The summed E-state index contributed by atoms with van der Waals surface area (Å²) in [6, 6.07) is 1.74. The van der Waals surface area contributed by atoms with Crippen molar-refractivity contribution in [3.05, 3.63) is 28.5 Å². The van der Waals surface area contributed by atoms with Crippen molar-refractivity contribution in [3.63, 3.8) is 0 Å². The van der Waals surface area contributed by atoms with E-state index in [0.29, 0.717) is 12.4 Å². The molecule has 0 saturated carbocycles. The van der Waals surface area contributed by atoms with Gasteiger partial charge in [-0.15, -0.1) is 11.3 Å². The summed E-state index contributed by atoms with van der Waals surface area (Å²) in [4.78, 5) is 12.8. The molecule has 2 aromatic heterocycles. The minimum absolute atomic E-state index is 0.505. The number of hydrogen-bond donors (Lipinski definition) is 2. The van der Waals surface area contributed by atoms with Gasteiger partial charge in [-0.3, -0.25) is 0 Å². The van der Waals surface area contributed by atoms with Gasteiger partial charge in [0.2, 0.25) is 0 Å². The van der Waals surface area contributed by atoms with Gasteiger partial charge in [-0.1, -0.05) is 6.92 Å². The summed E-state index contributed by atoms with van der Waals surface area (Å²) in [5.41, 5.74) is 5.73. The monoisotopic (exact) mass is 249 g/mol. The standard InChI is InChI=1S/C11H15N5S/c1-2-3-9-15-8(12)6-10(16-9)14-7-11-13-4-5-17-11/h4-6H,2-3,7H2,1H3,(H3,12,14,15,16). The molecule has 90 valence electrons. The minimum Gasteiger partial charge on any atom is -0.384 e. The smallest absolute Gasteiger partial charge is 0.133 e. The maximum Gasteiger partial charge on any atom is 0.133 e. The first-order valence-electron chi connectivity index (χ1n) is 5.53. The van der Waals surface area contributed by atoms with Crippen LogP contribution in [0.3, 0.4) is 0 Å². The second-order valence-electron chi connectivity index (χ2n) is 3.62. The number of nitrogen functional groups attached to an aromatic ring is 1. The fourth-order valence-electron chi connectivity index (χ4n) is 1.45. The molecule has 0 fully saturated rings. The summed E-state index contributed by atoms with van der Waals surface area (Å²) in [6.45, 7) is 2.76. The summed E-state index contributed by atoms with van der Waals surface area (Å²) >= 11 is 1.61. The van der Waals surface area contributed by atoms with Crippen molar-refractivity contribution in [1.82, 2.24) is 15.0 Å². The highest BCUT2D eigenvalue weighted by molar-refractivity contribution is 7.09. The van der Waals surface area contributed by atoms with Gasteiger partial charge in [0, 0.05) is 24.1 Å². The van der Waals surface area contributed by atoms with Gasteiger partial charge in [-0.05, 0) is 6.42 Å². The zero-order valence-corrected chi connectivity index (χ0v) is 10.5. The maximum absolute atomic E-state index is 5.73. The number of hydrogen-bond acceptors (Lipinski definition) is 6. The van der Waals surface area contributed by atoms with Crippen molar-refractivity contribution < 1.29 is 0 Å². The Kier molecular flexibility index (Phi) is 3.87. The van der Waals surface area contributed by atoms with Gasteiger partial charge < -0.3 is 11.1 Å². The molecule has 0 aliphatic rings. The third kappa shape index (κ3) is 3.39. The number of rotatable bonds is 5. The number of nitrogens with one attached hydrogen (secondary N) is 1. The second-order valence-corrected chi connectivity index (χ2v) is 4.60. The van der Waals surface area contributed by atoms with E-state index in [9.17, 15) is 0 Å². The van der Waals surface area contributed by atoms with Crippen molar-refractivity contribution in [2.24, 2.45) is 0 Å². The lowest BCUT2D eigenvalue weighted by Crippen LogP contribution is -2.06. The molecule has 0 atom stereocenters. The van der Waals surface area contributed by atoms with Crippen molar-refractivity contribution in [3.8, 4) is 0 Å². The summed E-state index contributed by atoms with van der Waals surface area (Å²) in [6.07, 6.45) is 3.64. The Morgan fingerprint density at radius 3 is 3.00 bits per heavy atom. The molecule has 6 heteroatoms. The molecule has 2 rings (SSSR count). The third-order valence-electron chi connectivity index (χ3n) is 2.17. The van der Waals surface area contributed by atoms with Crippen LogP contribution in [0.4, 0.5) is 11.6 Å². The molecule has 3 N–H and O–H groups in total. The lowest BCUT2D eigenvalue weighted by atomic mass is 10.3. The number of aromatic nitrogens is 3. The number of nitrogens with two attached hydrogens (primary N) is 1. The normalized spacial score (nSPS) is 10.4. The second kappa shape index (κ2) is 5.58. The van der Waals surface area contributed by atoms with Crippen molar-refractivity contribution in [1.29, 1.82) is 0 Å². The molecule has 0 radical (unpaired) electrons. The lowest BCUT2D eigenvalue weighted by Gasteiger charge is -2.06. The summed E-state index contributed by atoms with van der Waals surface area (Å²) in [5, 5.41) is 6.18. The van der Waals surface area contributed by atoms with E-state index in [0.717, 1.165) is 29.5 Å². The van der Waals surface area contributed by atoms with Crippen LogP contribution in [0.5, 0.6) is 0 Å². The maximum atomic E-state index is 5.73.